The lowest BCUT2D eigenvalue weighted by Gasteiger charge is -2.39. The third kappa shape index (κ3) is 5.51. The minimum absolute atomic E-state index is 0.159. The van der Waals surface area contributed by atoms with E-state index in [1.807, 2.05) is 13.8 Å². The van der Waals surface area contributed by atoms with Crippen molar-refractivity contribution in [1.82, 2.24) is 0 Å². The van der Waals surface area contributed by atoms with Crippen LogP contribution in [0.4, 0.5) is 4.39 Å². The number of hydrogen-bond donors (Lipinski definition) is 1. The Bertz CT molecular complexity index is 633. The molecule has 0 spiro atoms. The van der Waals surface area contributed by atoms with E-state index in [9.17, 15) is 9.18 Å². The Morgan fingerprint density at radius 3 is 2.69 bits per heavy atom. The van der Waals surface area contributed by atoms with Gasteiger partial charge in [0.2, 0.25) is 0 Å². The highest BCUT2D eigenvalue weighted by molar-refractivity contribution is 5.98. The van der Waals surface area contributed by atoms with Crippen LogP contribution in [0.5, 0.6) is 0 Å². The van der Waals surface area contributed by atoms with Crippen LogP contribution in [0.2, 0.25) is 0 Å². The van der Waals surface area contributed by atoms with Gasteiger partial charge in [0, 0.05) is 12.8 Å². The van der Waals surface area contributed by atoms with Gasteiger partial charge in [-0.25, -0.2) is 9.18 Å². The van der Waals surface area contributed by atoms with Gasteiger partial charge in [-0.1, -0.05) is 17.3 Å². The third-order valence-electron chi connectivity index (χ3n) is 4.56. The second-order valence-corrected chi connectivity index (χ2v) is 6.66. The maximum atomic E-state index is 12.9. The fourth-order valence-electron chi connectivity index (χ4n) is 2.78. The topological polar surface area (TPSA) is 77.4 Å². The summed E-state index contributed by atoms with van der Waals surface area (Å²) in [6.07, 6.45) is 2.40. The second-order valence-electron chi connectivity index (χ2n) is 6.66. The van der Waals surface area contributed by atoms with E-state index in [0.29, 0.717) is 18.9 Å². The first-order valence-corrected chi connectivity index (χ1v) is 8.79. The van der Waals surface area contributed by atoms with Gasteiger partial charge in [-0.2, -0.15) is 0 Å². The predicted molar refractivity (Wildman–Crippen MR) is 94.4 cm³/mol. The monoisotopic (exact) mass is 367 g/mol. The van der Waals surface area contributed by atoms with Crippen molar-refractivity contribution in [2.45, 2.75) is 51.9 Å². The number of rotatable bonds is 8. The van der Waals surface area contributed by atoms with Crippen molar-refractivity contribution < 1.29 is 28.6 Å². The zero-order valence-corrected chi connectivity index (χ0v) is 15.4. The molecule has 3 unspecified atom stereocenters. The van der Waals surface area contributed by atoms with Gasteiger partial charge in [0.05, 0.1) is 18.4 Å². The van der Waals surface area contributed by atoms with Crippen LogP contribution in [0.3, 0.4) is 0 Å². The molecular formula is C19H26FNO5. The molecule has 144 valence electrons. The van der Waals surface area contributed by atoms with E-state index >= 15 is 0 Å². The minimum atomic E-state index is -1.55. The SMILES string of the molecule is CC(=NOCCCCC1COC(C)(C(=O)O)OC1C)c1ccc(F)cc1. The quantitative estimate of drug-likeness (QED) is 0.432. The van der Waals surface area contributed by atoms with Gasteiger partial charge in [-0.3, -0.25) is 0 Å². The van der Waals surface area contributed by atoms with Gasteiger partial charge in [0.1, 0.15) is 12.4 Å². The summed E-state index contributed by atoms with van der Waals surface area (Å²) in [5.74, 6) is -2.78. The molecule has 1 fully saturated rings. The standard InChI is InChI=1S/C19H26FNO5/c1-13(15-7-9-17(20)10-8-15)21-25-11-5-4-6-16-12-24-19(3,18(22)23)26-14(16)2/h7-10,14,16H,4-6,11-12H2,1-3H3,(H,22,23). The number of unbranched alkanes of at least 4 members (excludes halogenated alkanes) is 1. The maximum Gasteiger partial charge on any atom is 0.364 e. The summed E-state index contributed by atoms with van der Waals surface area (Å²) in [5.41, 5.74) is 1.51. The average Bonchev–Trinajstić information content (AvgIpc) is 2.60. The van der Waals surface area contributed by atoms with Crippen molar-refractivity contribution in [1.29, 1.82) is 0 Å². The molecule has 7 heteroatoms. The minimum Gasteiger partial charge on any atom is -0.477 e. The molecule has 1 saturated heterocycles. The number of nitrogens with zero attached hydrogens (tertiary/aromatic N) is 1. The smallest absolute Gasteiger partial charge is 0.364 e. The molecule has 1 aromatic carbocycles. The van der Waals surface area contributed by atoms with E-state index in [1.165, 1.54) is 19.1 Å². The predicted octanol–water partition coefficient (Wildman–Crippen LogP) is 3.59. The van der Waals surface area contributed by atoms with E-state index in [0.717, 1.165) is 24.8 Å². The number of carboxylic acid groups (broad SMARTS) is 1. The maximum absolute atomic E-state index is 12.9. The van der Waals surface area contributed by atoms with Crippen LogP contribution in [0.25, 0.3) is 0 Å². The molecule has 1 aliphatic rings. The first-order valence-electron chi connectivity index (χ1n) is 8.79. The molecule has 0 radical (unpaired) electrons. The van der Waals surface area contributed by atoms with Gasteiger partial charge in [-0.15, -0.1) is 0 Å². The van der Waals surface area contributed by atoms with Crippen LogP contribution in [0.1, 0.15) is 45.6 Å². The number of ether oxygens (including phenoxy) is 2. The van der Waals surface area contributed by atoms with Crippen LogP contribution in [0, 0.1) is 11.7 Å². The summed E-state index contributed by atoms with van der Waals surface area (Å²) in [6, 6.07) is 6.10. The fraction of sp³-hybridized carbons (Fsp3) is 0.579. The summed E-state index contributed by atoms with van der Waals surface area (Å²) >= 11 is 0. The summed E-state index contributed by atoms with van der Waals surface area (Å²) < 4.78 is 23.8. The van der Waals surface area contributed by atoms with Crippen molar-refractivity contribution in [3.63, 3.8) is 0 Å². The molecule has 0 amide bonds. The highest BCUT2D eigenvalue weighted by atomic mass is 19.1. The Labute approximate surface area is 152 Å². The number of aliphatic carboxylic acids is 1. The Kier molecular flexibility index (Phi) is 7.11. The molecule has 0 saturated carbocycles. The Morgan fingerprint density at radius 2 is 2.08 bits per heavy atom. The summed E-state index contributed by atoms with van der Waals surface area (Å²) in [4.78, 5) is 16.5. The number of halogens is 1. The van der Waals surface area contributed by atoms with Gasteiger partial charge < -0.3 is 19.4 Å². The van der Waals surface area contributed by atoms with Crippen LogP contribution >= 0.6 is 0 Å². The number of oxime groups is 1. The van der Waals surface area contributed by atoms with Gasteiger partial charge in [-0.05, 0) is 50.8 Å². The number of carboxylic acids is 1. The van der Waals surface area contributed by atoms with Crippen LogP contribution in [-0.2, 0) is 19.1 Å². The first kappa shape index (κ1) is 20.3. The van der Waals surface area contributed by atoms with Crippen molar-refractivity contribution in [2.75, 3.05) is 13.2 Å². The van der Waals surface area contributed by atoms with E-state index < -0.39 is 11.8 Å². The van der Waals surface area contributed by atoms with Crippen LogP contribution in [-0.4, -0.2) is 41.9 Å². The zero-order chi connectivity index (χ0) is 19.2. The number of benzene rings is 1. The molecular weight excluding hydrogens is 341 g/mol. The van der Waals surface area contributed by atoms with E-state index in [4.69, 9.17) is 19.4 Å². The summed E-state index contributed by atoms with van der Waals surface area (Å²) in [7, 11) is 0. The first-order chi connectivity index (χ1) is 12.3. The second kappa shape index (κ2) is 9.09. The van der Waals surface area contributed by atoms with Crippen molar-refractivity contribution >= 4 is 11.7 Å². The molecule has 2 rings (SSSR count). The fourth-order valence-corrected chi connectivity index (χ4v) is 2.78. The molecule has 0 aromatic heterocycles. The number of hydrogen-bond acceptors (Lipinski definition) is 5. The molecule has 1 heterocycles. The molecule has 3 atom stereocenters. The van der Waals surface area contributed by atoms with Crippen molar-refractivity contribution in [3.8, 4) is 0 Å². The Morgan fingerprint density at radius 1 is 1.38 bits per heavy atom. The molecule has 6 nitrogen and oxygen atoms in total. The summed E-state index contributed by atoms with van der Waals surface area (Å²) in [6.45, 7) is 5.96. The molecule has 1 aliphatic heterocycles. The summed E-state index contributed by atoms with van der Waals surface area (Å²) in [5, 5.41) is 13.2. The normalized spacial score (nSPS) is 26.5. The van der Waals surface area contributed by atoms with E-state index in [-0.39, 0.29) is 17.8 Å². The highest BCUT2D eigenvalue weighted by Crippen LogP contribution is 2.29. The third-order valence-corrected chi connectivity index (χ3v) is 4.56. The van der Waals surface area contributed by atoms with Crippen molar-refractivity contribution in [2.24, 2.45) is 11.1 Å². The molecule has 1 aromatic rings. The molecule has 26 heavy (non-hydrogen) atoms. The molecule has 1 N–H and O–H groups in total. The lowest BCUT2D eigenvalue weighted by molar-refractivity contribution is -0.292. The lowest BCUT2D eigenvalue weighted by Crippen LogP contribution is -2.51. The largest absolute Gasteiger partial charge is 0.477 e. The van der Waals surface area contributed by atoms with Crippen molar-refractivity contribution in [3.05, 3.63) is 35.6 Å². The molecule has 0 bridgehead atoms. The van der Waals surface area contributed by atoms with Gasteiger partial charge in [0.15, 0.2) is 0 Å². The Balaban J connectivity index is 1.66. The number of carbonyl (C=O) groups is 1. The zero-order valence-electron chi connectivity index (χ0n) is 15.4. The van der Waals surface area contributed by atoms with Crippen LogP contribution in [0.15, 0.2) is 29.4 Å². The van der Waals surface area contributed by atoms with Gasteiger partial charge in [0.25, 0.3) is 5.79 Å². The highest BCUT2D eigenvalue weighted by Gasteiger charge is 2.43. The molecule has 0 aliphatic carbocycles. The lowest BCUT2D eigenvalue weighted by atomic mass is 9.96. The Hall–Kier alpha value is -1.99. The van der Waals surface area contributed by atoms with E-state index in [1.54, 1.807) is 12.1 Å². The average molecular weight is 367 g/mol. The van der Waals surface area contributed by atoms with Gasteiger partial charge >= 0.3 is 5.97 Å². The van der Waals surface area contributed by atoms with Crippen LogP contribution < -0.4 is 0 Å². The van der Waals surface area contributed by atoms with E-state index in [2.05, 4.69) is 5.16 Å².